The first-order valence-electron chi connectivity index (χ1n) is 10.0. The van der Waals surface area contributed by atoms with Crippen molar-refractivity contribution in [2.45, 2.75) is 39.2 Å². The number of benzene rings is 2. The molecule has 0 aliphatic heterocycles. The monoisotopic (exact) mass is 422 g/mol. The summed E-state index contributed by atoms with van der Waals surface area (Å²) in [7, 11) is 1.58. The van der Waals surface area contributed by atoms with Gasteiger partial charge in [-0.3, -0.25) is 4.98 Å². The largest absolute Gasteiger partial charge is 0.493 e. The second-order valence-corrected chi connectivity index (χ2v) is 8.20. The van der Waals surface area contributed by atoms with Crippen molar-refractivity contribution in [2.75, 3.05) is 13.7 Å². The summed E-state index contributed by atoms with van der Waals surface area (Å²) in [5, 5.41) is 0.710. The van der Waals surface area contributed by atoms with Crippen molar-refractivity contribution in [1.29, 1.82) is 0 Å². The number of ether oxygens (including phenoxy) is 3. The molecule has 5 rings (SSSR count). The predicted octanol–water partition coefficient (Wildman–Crippen LogP) is 5.64. The lowest BCUT2D eigenvalue weighted by atomic mass is 10.1. The van der Waals surface area contributed by atoms with E-state index in [0.29, 0.717) is 40.3 Å². The number of rotatable bonds is 6. The van der Waals surface area contributed by atoms with Gasteiger partial charge in [0.2, 0.25) is 0 Å². The minimum Gasteiger partial charge on any atom is -0.493 e. The van der Waals surface area contributed by atoms with Crippen LogP contribution in [-0.4, -0.2) is 24.2 Å². The maximum absolute atomic E-state index is 15.0. The Balaban J connectivity index is 0.00000231. The van der Waals surface area contributed by atoms with Crippen LogP contribution in [0.1, 0.15) is 38.3 Å². The third-order valence-corrected chi connectivity index (χ3v) is 5.71. The van der Waals surface area contributed by atoms with Crippen LogP contribution < -0.4 is 19.9 Å². The average Bonchev–Trinajstić information content (AvgIpc) is 3.35. The Morgan fingerprint density at radius 2 is 1.90 bits per heavy atom. The quantitative estimate of drug-likeness (QED) is 0.557. The molecule has 3 aromatic rings. The van der Waals surface area contributed by atoms with Crippen LogP contribution in [0.25, 0.3) is 17.0 Å². The summed E-state index contributed by atoms with van der Waals surface area (Å²) >= 11 is 0. The van der Waals surface area contributed by atoms with Crippen molar-refractivity contribution in [3.05, 3.63) is 59.0 Å². The average molecular weight is 423 g/mol. The zero-order valence-electron chi connectivity index (χ0n) is 17.0. The summed E-state index contributed by atoms with van der Waals surface area (Å²) in [4.78, 5) is 4.42. The minimum atomic E-state index is -0.348. The molecule has 2 aromatic carbocycles. The molecule has 31 heavy (non-hydrogen) atoms. The van der Waals surface area contributed by atoms with E-state index >= 15 is 4.39 Å². The van der Waals surface area contributed by atoms with Gasteiger partial charge in [-0.25, -0.2) is 4.39 Å². The van der Waals surface area contributed by atoms with Gasteiger partial charge in [-0.2, -0.15) is 0 Å². The molecule has 2 aliphatic rings. The lowest BCUT2D eigenvalue weighted by molar-refractivity contribution is 0.264. The van der Waals surface area contributed by atoms with E-state index in [2.05, 4.69) is 4.98 Å². The van der Waals surface area contributed by atoms with E-state index in [-0.39, 0.29) is 24.5 Å². The first-order valence-corrected chi connectivity index (χ1v) is 10.0. The van der Waals surface area contributed by atoms with Crippen molar-refractivity contribution >= 4 is 17.0 Å². The summed E-state index contributed by atoms with van der Waals surface area (Å²) in [5.74, 6) is 1.47. The van der Waals surface area contributed by atoms with E-state index in [1.807, 2.05) is 19.1 Å². The molecule has 1 saturated carbocycles. The van der Waals surface area contributed by atoms with E-state index in [1.54, 1.807) is 37.6 Å². The van der Waals surface area contributed by atoms with Crippen LogP contribution in [0.5, 0.6) is 23.0 Å². The Bertz CT molecular complexity index is 1190. The summed E-state index contributed by atoms with van der Waals surface area (Å²) in [6, 6.07) is 8.92. The van der Waals surface area contributed by atoms with Crippen LogP contribution >= 0.6 is 0 Å². The Kier molecular flexibility index (Phi) is 5.35. The molecule has 1 heterocycles. The third-order valence-electron chi connectivity index (χ3n) is 5.71. The number of pyridine rings is 1. The fraction of sp³-hybridized carbons (Fsp3) is 0.320. The Morgan fingerprint density at radius 1 is 1.10 bits per heavy atom. The summed E-state index contributed by atoms with van der Waals surface area (Å²) in [6.07, 6.45) is 6.20. The molecule has 0 unspecified atom stereocenters. The molecule has 0 spiro atoms. The van der Waals surface area contributed by atoms with Gasteiger partial charge in [-0.05, 0) is 49.9 Å². The van der Waals surface area contributed by atoms with E-state index in [1.165, 1.54) is 0 Å². The number of hydrogen-bond acceptors (Lipinski definition) is 5. The molecule has 0 bridgehead atoms. The number of fused-ring (bicyclic) bond motifs is 2. The summed E-state index contributed by atoms with van der Waals surface area (Å²) < 4.78 is 32.4. The number of nitrogens with zero attached hydrogens (tertiary/aromatic N) is 1. The SMILES string of the molecule is C.COc1cc2c(Oc3ccc4c(c3F)C=C(C)C4)ccnc2cc1OCC1(N)CC1. The standard InChI is InChI=1S/C24H23FN2O3.CH4/c1-14-9-15-3-4-20(23(25)16(15)10-14)30-19-5-8-27-18-12-22(21(28-2)11-17(18)19)29-13-24(26)6-7-24;/h3-5,8,10-12H,6-7,9,13,26H2,1-2H3;1H4. The van der Waals surface area contributed by atoms with Crippen molar-refractivity contribution in [1.82, 2.24) is 4.98 Å². The van der Waals surface area contributed by atoms with Crippen molar-refractivity contribution in [3.8, 4) is 23.0 Å². The smallest absolute Gasteiger partial charge is 0.173 e. The molecule has 2 aliphatic carbocycles. The molecule has 1 fully saturated rings. The number of hydrogen-bond donors (Lipinski definition) is 1. The maximum Gasteiger partial charge on any atom is 0.173 e. The van der Waals surface area contributed by atoms with Crippen LogP contribution in [0, 0.1) is 5.82 Å². The van der Waals surface area contributed by atoms with Crippen LogP contribution in [-0.2, 0) is 6.42 Å². The number of methoxy groups -OCH3 is 1. The van der Waals surface area contributed by atoms with Gasteiger partial charge in [0, 0.05) is 23.2 Å². The molecule has 0 atom stereocenters. The molecule has 0 saturated heterocycles. The summed E-state index contributed by atoms with van der Waals surface area (Å²) in [5.41, 5.74) is 9.28. The predicted molar refractivity (Wildman–Crippen MR) is 121 cm³/mol. The first-order chi connectivity index (χ1) is 14.5. The highest BCUT2D eigenvalue weighted by molar-refractivity contribution is 5.88. The first kappa shape index (κ1) is 21.1. The number of nitrogens with two attached hydrogens (primary N) is 1. The van der Waals surface area contributed by atoms with Gasteiger partial charge in [0.15, 0.2) is 23.1 Å². The highest BCUT2D eigenvalue weighted by Crippen LogP contribution is 2.40. The van der Waals surface area contributed by atoms with Crippen LogP contribution in [0.3, 0.4) is 0 Å². The second-order valence-electron chi connectivity index (χ2n) is 8.20. The van der Waals surface area contributed by atoms with Crippen molar-refractivity contribution in [2.24, 2.45) is 5.73 Å². The van der Waals surface area contributed by atoms with Gasteiger partial charge in [0.1, 0.15) is 12.4 Å². The molecule has 6 heteroatoms. The zero-order chi connectivity index (χ0) is 20.9. The Hall–Kier alpha value is -3.12. The molecule has 0 radical (unpaired) electrons. The van der Waals surface area contributed by atoms with Crippen molar-refractivity contribution < 1.29 is 18.6 Å². The summed E-state index contributed by atoms with van der Waals surface area (Å²) in [6.45, 7) is 2.43. The molecule has 5 nitrogen and oxygen atoms in total. The zero-order valence-corrected chi connectivity index (χ0v) is 17.0. The second kappa shape index (κ2) is 7.85. The highest BCUT2D eigenvalue weighted by atomic mass is 19.1. The molecule has 0 amide bonds. The van der Waals surface area contributed by atoms with E-state index in [4.69, 9.17) is 19.9 Å². The van der Waals surface area contributed by atoms with E-state index in [0.717, 1.165) is 30.4 Å². The van der Waals surface area contributed by atoms with Gasteiger partial charge < -0.3 is 19.9 Å². The number of aromatic nitrogens is 1. The molecule has 162 valence electrons. The molecule has 2 N–H and O–H groups in total. The van der Waals surface area contributed by atoms with E-state index in [9.17, 15) is 0 Å². The highest BCUT2D eigenvalue weighted by Gasteiger charge is 2.39. The van der Waals surface area contributed by atoms with Gasteiger partial charge in [-0.15, -0.1) is 0 Å². The van der Waals surface area contributed by atoms with Crippen LogP contribution in [0.4, 0.5) is 4.39 Å². The maximum atomic E-state index is 15.0. The number of allylic oxidation sites excluding steroid dienone is 1. The van der Waals surface area contributed by atoms with Crippen LogP contribution in [0.2, 0.25) is 0 Å². The van der Waals surface area contributed by atoms with Gasteiger partial charge in [-0.1, -0.05) is 25.1 Å². The lowest BCUT2D eigenvalue weighted by Crippen LogP contribution is -2.29. The topological polar surface area (TPSA) is 66.6 Å². The molecular weight excluding hydrogens is 395 g/mol. The van der Waals surface area contributed by atoms with Crippen molar-refractivity contribution in [3.63, 3.8) is 0 Å². The fourth-order valence-corrected chi connectivity index (χ4v) is 3.73. The van der Waals surface area contributed by atoms with Crippen LogP contribution in [0.15, 0.2) is 42.1 Å². The molecule has 1 aromatic heterocycles. The van der Waals surface area contributed by atoms with Gasteiger partial charge in [0.25, 0.3) is 0 Å². The minimum absolute atomic E-state index is 0. The van der Waals surface area contributed by atoms with E-state index < -0.39 is 0 Å². The van der Waals surface area contributed by atoms with Gasteiger partial charge in [0.05, 0.1) is 18.2 Å². The Morgan fingerprint density at radius 3 is 2.65 bits per heavy atom. The Labute approximate surface area is 181 Å². The lowest BCUT2D eigenvalue weighted by Gasteiger charge is -2.16. The third kappa shape index (κ3) is 3.95. The number of halogens is 1. The normalized spacial score (nSPS) is 15.7. The molecular formula is C25H27FN2O3. The van der Waals surface area contributed by atoms with Gasteiger partial charge >= 0.3 is 0 Å². The fourth-order valence-electron chi connectivity index (χ4n) is 3.73.